The Kier molecular flexibility index (Phi) is 4.85. The van der Waals surface area contributed by atoms with Crippen LogP contribution in [-0.4, -0.2) is 6.04 Å². The Morgan fingerprint density at radius 3 is 2.39 bits per heavy atom. The maximum Gasteiger partial charge on any atom is 0.0320 e. The van der Waals surface area contributed by atoms with E-state index < -0.39 is 0 Å². The molecule has 0 heterocycles. The van der Waals surface area contributed by atoms with E-state index >= 15 is 0 Å². The van der Waals surface area contributed by atoms with Crippen LogP contribution in [-0.2, 0) is 0 Å². The molecule has 4 unspecified atom stereocenters. The monoisotopic (exact) mass is 309 g/mol. The second-order valence-corrected chi connectivity index (χ2v) is 6.61. The van der Waals surface area contributed by atoms with Crippen molar-refractivity contribution in [3.8, 4) is 0 Å². The van der Waals surface area contributed by atoms with Crippen LogP contribution in [0.3, 0.4) is 0 Å². The molecule has 100 valence electrons. The molecule has 2 rings (SSSR count). The van der Waals surface area contributed by atoms with Crippen molar-refractivity contribution < 1.29 is 0 Å². The van der Waals surface area contributed by atoms with Crippen LogP contribution in [0.4, 0.5) is 0 Å². The number of benzene rings is 1. The van der Waals surface area contributed by atoms with Crippen LogP contribution in [0.2, 0.25) is 0 Å². The smallest absolute Gasteiger partial charge is 0.0320 e. The molecular weight excluding hydrogens is 286 g/mol. The maximum absolute atomic E-state index is 3.87. The molecule has 0 aromatic heterocycles. The predicted molar refractivity (Wildman–Crippen MR) is 81.7 cm³/mol. The molecule has 1 N–H and O–H groups in total. The van der Waals surface area contributed by atoms with Gasteiger partial charge in [0.25, 0.3) is 0 Å². The summed E-state index contributed by atoms with van der Waals surface area (Å²) in [5, 5.41) is 3.87. The molecule has 0 amide bonds. The van der Waals surface area contributed by atoms with E-state index in [-0.39, 0.29) is 0 Å². The molecule has 1 aromatic carbocycles. The van der Waals surface area contributed by atoms with Crippen molar-refractivity contribution in [1.82, 2.24) is 5.32 Å². The van der Waals surface area contributed by atoms with Gasteiger partial charge < -0.3 is 5.32 Å². The van der Waals surface area contributed by atoms with Crippen LogP contribution in [0.25, 0.3) is 0 Å². The van der Waals surface area contributed by atoms with Crippen LogP contribution in [0.15, 0.2) is 28.7 Å². The lowest BCUT2D eigenvalue weighted by Gasteiger charge is -2.26. The zero-order chi connectivity index (χ0) is 13.1. The number of hydrogen-bond donors (Lipinski definition) is 1. The maximum atomic E-state index is 3.87. The first kappa shape index (κ1) is 14.1. The summed E-state index contributed by atoms with van der Waals surface area (Å²) in [4.78, 5) is 0. The number of hydrogen-bond acceptors (Lipinski definition) is 1. The zero-order valence-corrected chi connectivity index (χ0v) is 13.2. The fraction of sp³-hybridized carbons (Fsp3) is 0.625. The van der Waals surface area contributed by atoms with Gasteiger partial charge in [0.2, 0.25) is 0 Å². The van der Waals surface area contributed by atoms with Gasteiger partial charge >= 0.3 is 0 Å². The number of halogens is 1. The van der Waals surface area contributed by atoms with Gasteiger partial charge in [-0.15, -0.1) is 0 Å². The third-order valence-corrected chi connectivity index (χ3v) is 5.09. The Hall–Kier alpha value is -0.340. The van der Waals surface area contributed by atoms with Gasteiger partial charge in [-0.1, -0.05) is 48.8 Å². The molecule has 1 aliphatic rings. The largest absolute Gasteiger partial charge is 0.307 e. The number of rotatable bonds is 4. The van der Waals surface area contributed by atoms with E-state index in [2.05, 4.69) is 66.3 Å². The Labute approximate surface area is 119 Å². The molecule has 0 spiro atoms. The van der Waals surface area contributed by atoms with Gasteiger partial charge in [-0.25, -0.2) is 0 Å². The van der Waals surface area contributed by atoms with Crippen molar-refractivity contribution in [2.45, 2.75) is 52.1 Å². The van der Waals surface area contributed by atoms with E-state index in [1.165, 1.54) is 18.4 Å². The van der Waals surface area contributed by atoms with Crippen molar-refractivity contribution >= 4 is 15.9 Å². The van der Waals surface area contributed by atoms with E-state index in [4.69, 9.17) is 0 Å². The summed E-state index contributed by atoms with van der Waals surface area (Å²) < 4.78 is 1.16. The lowest BCUT2D eigenvalue weighted by atomic mass is 9.96. The van der Waals surface area contributed by atoms with Crippen molar-refractivity contribution in [2.24, 2.45) is 11.8 Å². The second kappa shape index (κ2) is 6.21. The van der Waals surface area contributed by atoms with Gasteiger partial charge in [0.05, 0.1) is 0 Å². The highest BCUT2D eigenvalue weighted by molar-refractivity contribution is 9.10. The Morgan fingerprint density at radius 2 is 1.89 bits per heavy atom. The first-order valence-electron chi connectivity index (χ1n) is 7.13. The quantitative estimate of drug-likeness (QED) is 0.832. The molecular formula is C16H24BrN. The Bertz CT molecular complexity index is 373. The first-order valence-corrected chi connectivity index (χ1v) is 7.92. The summed E-state index contributed by atoms with van der Waals surface area (Å²) >= 11 is 3.50. The van der Waals surface area contributed by atoms with Crippen LogP contribution in [0.1, 0.15) is 51.6 Å². The van der Waals surface area contributed by atoms with E-state index in [0.717, 1.165) is 22.7 Å². The summed E-state index contributed by atoms with van der Waals surface area (Å²) in [6, 6.07) is 9.92. The number of nitrogens with one attached hydrogen (secondary N) is 1. The topological polar surface area (TPSA) is 12.0 Å². The van der Waals surface area contributed by atoms with Gasteiger partial charge in [-0.05, 0) is 48.8 Å². The lowest BCUT2D eigenvalue weighted by molar-refractivity contribution is 0.335. The van der Waals surface area contributed by atoms with E-state index in [1.807, 2.05) is 0 Å². The van der Waals surface area contributed by atoms with Crippen molar-refractivity contribution in [3.05, 3.63) is 34.3 Å². The summed E-state index contributed by atoms with van der Waals surface area (Å²) in [5.41, 5.74) is 1.41. The summed E-state index contributed by atoms with van der Waals surface area (Å²) in [5.74, 6) is 1.67. The van der Waals surface area contributed by atoms with Crippen molar-refractivity contribution in [3.63, 3.8) is 0 Å². The SMILES string of the molecule is CCC(NC1CCC(C)C1C)c1ccc(Br)cc1. The fourth-order valence-electron chi connectivity index (χ4n) is 3.00. The normalized spacial score (nSPS) is 29.4. The highest BCUT2D eigenvalue weighted by Crippen LogP contribution is 2.33. The molecule has 1 nitrogen and oxygen atoms in total. The highest BCUT2D eigenvalue weighted by atomic mass is 79.9. The lowest BCUT2D eigenvalue weighted by Crippen LogP contribution is -2.35. The third-order valence-electron chi connectivity index (χ3n) is 4.56. The molecule has 2 heteroatoms. The fourth-order valence-corrected chi connectivity index (χ4v) is 3.27. The van der Waals surface area contributed by atoms with E-state index in [1.54, 1.807) is 0 Å². The molecule has 0 bridgehead atoms. The summed E-state index contributed by atoms with van der Waals surface area (Å²) in [6.07, 6.45) is 3.85. The third kappa shape index (κ3) is 3.16. The van der Waals surface area contributed by atoms with Crippen molar-refractivity contribution in [2.75, 3.05) is 0 Å². The molecule has 0 radical (unpaired) electrons. The molecule has 1 fully saturated rings. The molecule has 1 aliphatic carbocycles. The second-order valence-electron chi connectivity index (χ2n) is 5.70. The Balaban J connectivity index is 2.03. The van der Waals surface area contributed by atoms with Crippen molar-refractivity contribution in [1.29, 1.82) is 0 Å². The zero-order valence-electron chi connectivity index (χ0n) is 11.6. The average molecular weight is 310 g/mol. The van der Waals surface area contributed by atoms with Crippen LogP contribution in [0, 0.1) is 11.8 Å². The minimum atomic E-state index is 0.496. The van der Waals surface area contributed by atoms with Gasteiger partial charge in [0, 0.05) is 16.6 Å². The van der Waals surface area contributed by atoms with Gasteiger partial charge in [-0.3, -0.25) is 0 Å². The average Bonchev–Trinajstić information content (AvgIpc) is 2.69. The predicted octanol–water partition coefficient (Wildman–Crippen LogP) is 4.92. The standard InChI is InChI=1S/C16H24BrN/c1-4-15(13-6-8-14(17)9-7-13)18-16-10-5-11(2)12(16)3/h6-9,11-12,15-16,18H,4-5,10H2,1-3H3. The molecule has 1 saturated carbocycles. The highest BCUT2D eigenvalue weighted by Gasteiger charge is 2.30. The minimum Gasteiger partial charge on any atom is -0.307 e. The van der Waals surface area contributed by atoms with E-state index in [9.17, 15) is 0 Å². The van der Waals surface area contributed by atoms with Crippen LogP contribution in [0.5, 0.6) is 0 Å². The Morgan fingerprint density at radius 1 is 1.22 bits per heavy atom. The first-order chi connectivity index (χ1) is 8.61. The van der Waals surface area contributed by atoms with Gasteiger partial charge in [0.15, 0.2) is 0 Å². The van der Waals surface area contributed by atoms with Gasteiger partial charge in [-0.2, -0.15) is 0 Å². The summed E-state index contributed by atoms with van der Waals surface area (Å²) in [6.45, 7) is 7.04. The molecule has 0 saturated heterocycles. The van der Waals surface area contributed by atoms with Crippen LogP contribution >= 0.6 is 15.9 Å². The molecule has 0 aliphatic heterocycles. The van der Waals surface area contributed by atoms with Crippen LogP contribution < -0.4 is 5.32 Å². The minimum absolute atomic E-state index is 0.496. The molecule has 18 heavy (non-hydrogen) atoms. The summed E-state index contributed by atoms with van der Waals surface area (Å²) in [7, 11) is 0. The molecule has 4 atom stereocenters. The van der Waals surface area contributed by atoms with E-state index in [0.29, 0.717) is 12.1 Å². The van der Waals surface area contributed by atoms with Gasteiger partial charge in [0.1, 0.15) is 0 Å². The molecule has 1 aromatic rings.